The number of aliphatic carboxylic acids is 1. The zero-order valence-electron chi connectivity index (χ0n) is 23.6. The summed E-state index contributed by atoms with van der Waals surface area (Å²) in [7, 11) is 2.22. The summed E-state index contributed by atoms with van der Waals surface area (Å²) in [6.07, 6.45) is 12.0. The zero-order chi connectivity index (χ0) is 27.0. The molecule has 1 aromatic heterocycles. The number of hydrogen-bond acceptors (Lipinski definition) is 4. The molecule has 2 atom stereocenters. The Morgan fingerprint density at radius 2 is 1.67 bits per heavy atom. The lowest BCUT2D eigenvalue weighted by Gasteiger charge is -2.33. The molecule has 39 heavy (non-hydrogen) atoms. The Balaban J connectivity index is 0.000000160. The molecule has 2 aromatic carbocycles. The van der Waals surface area contributed by atoms with Gasteiger partial charge in [-0.2, -0.15) is 0 Å². The number of aromatic nitrogens is 2. The zero-order valence-corrected chi connectivity index (χ0v) is 23.6. The summed E-state index contributed by atoms with van der Waals surface area (Å²) in [5, 5.41) is 9.70. The number of para-hydroxylation sites is 2. The Morgan fingerprint density at radius 3 is 2.38 bits per heavy atom. The molecule has 0 bridgehead atoms. The highest BCUT2D eigenvalue weighted by atomic mass is 16.4. The summed E-state index contributed by atoms with van der Waals surface area (Å²) in [5.74, 6) is 2.27. The summed E-state index contributed by atoms with van der Waals surface area (Å²) in [6.45, 7) is 4.33. The molecule has 3 heterocycles. The second-order valence-corrected chi connectivity index (χ2v) is 12.1. The van der Waals surface area contributed by atoms with E-state index in [0.717, 1.165) is 61.5 Å². The maximum Gasteiger partial charge on any atom is 0.321 e. The number of H-pyrrole nitrogens is 1. The average molecular weight is 531 g/mol. The van der Waals surface area contributed by atoms with Gasteiger partial charge in [-0.3, -0.25) is 9.69 Å². The summed E-state index contributed by atoms with van der Waals surface area (Å²) in [4.78, 5) is 24.5. The Hall–Kier alpha value is -2.70. The van der Waals surface area contributed by atoms with Crippen molar-refractivity contribution >= 4 is 17.0 Å². The van der Waals surface area contributed by atoms with E-state index >= 15 is 0 Å². The van der Waals surface area contributed by atoms with Gasteiger partial charge >= 0.3 is 5.97 Å². The molecular formula is C33H46N4O2. The molecule has 3 fully saturated rings. The molecule has 2 aliphatic heterocycles. The van der Waals surface area contributed by atoms with Gasteiger partial charge in [-0.05, 0) is 101 Å². The molecule has 2 saturated heterocycles. The highest BCUT2D eigenvalue weighted by Crippen LogP contribution is 2.34. The second-order valence-electron chi connectivity index (χ2n) is 12.1. The summed E-state index contributed by atoms with van der Waals surface area (Å²) < 4.78 is 0. The summed E-state index contributed by atoms with van der Waals surface area (Å²) in [6, 6.07) is 18.5. The monoisotopic (exact) mass is 530 g/mol. The van der Waals surface area contributed by atoms with Gasteiger partial charge in [-0.25, -0.2) is 4.98 Å². The molecule has 6 nitrogen and oxygen atoms in total. The third kappa shape index (κ3) is 7.49. The fourth-order valence-corrected chi connectivity index (χ4v) is 6.96. The smallest absolute Gasteiger partial charge is 0.321 e. The van der Waals surface area contributed by atoms with Crippen molar-refractivity contribution in [3.63, 3.8) is 0 Å². The lowest BCUT2D eigenvalue weighted by atomic mass is 9.83. The van der Waals surface area contributed by atoms with Gasteiger partial charge in [-0.15, -0.1) is 0 Å². The first-order chi connectivity index (χ1) is 19.1. The van der Waals surface area contributed by atoms with Gasteiger partial charge < -0.3 is 15.0 Å². The number of nitrogens with zero attached hydrogens (tertiary/aromatic N) is 3. The van der Waals surface area contributed by atoms with E-state index in [1.807, 2.05) is 12.1 Å². The lowest BCUT2D eigenvalue weighted by Crippen LogP contribution is -2.45. The van der Waals surface area contributed by atoms with Crippen LogP contribution in [0.5, 0.6) is 0 Å². The highest BCUT2D eigenvalue weighted by Gasteiger charge is 2.38. The number of carboxylic acids is 1. The summed E-state index contributed by atoms with van der Waals surface area (Å²) in [5.41, 5.74) is 3.61. The minimum absolute atomic E-state index is 0.265. The van der Waals surface area contributed by atoms with Crippen molar-refractivity contribution in [1.29, 1.82) is 0 Å². The maximum absolute atomic E-state index is 11.8. The number of carboxylic acid groups (broad SMARTS) is 1. The number of aromatic amines is 1. The third-order valence-corrected chi connectivity index (χ3v) is 9.30. The molecule has 1 saturated carbocycles. The molecule has 0 radical (unpaired) electrons. The minimum atomic E-state index is -0.615. The largest absolute Gasteiger partial charge is 0.480 e. The van der Waals surface area contributed by atoms with Crippen molar-refractivity contribution in [3.8, 4) is 0 Å². The van der Waals surface area contributed by atoms with Crippen LogP contribution in [0.4, 0.5) is 0 Å². The number of likely N-dealkylation sites (tertiary alicyclic amines) is 2. The maximum atomic E-state index is 11.8. The number of nitrogens with one attached hydrogen (secondary N) is 1. The topological polar surface area (TPSA) is 72.5 Å². The molecule has 2 unspecified atom stereocenters. The Kier molecular flexibility index (Phi) is 9.70. The van der Waals surface area contributed by atoms with Crippen LogP contribution in [0.25, 0.3) is 11.0 Å². The van der Waals surface area contributed by atoms with Crippen LogP contribution in [0.3, 0.4) is 0 Å². The van der Waals surface area contributed by atoms with Gasteiger partial charge in [0.15, 0.2) is 0 Å². The third-order valence-electron chi connectivity index (χ3n) is 9.30. The Labute approximate surface area is 233 Å². The SMILES string of the molecule is CN1CCC(CCc2nc3ccccc3[nH]2)CC1.O=C(O)C(C1CCCCC1)N1CCC(c2ccccc2)C1. The minimum Gasteiger partial charge on any atom is -0.480 e. The number of fused-ring (bicyclic) bond motifs is 1. The highest BCUT2D eigenvalue weighted by molar-refractivity contribution is 5.75. The molecule has 6 rings (SSSR count). The number of carbonyl (C=O) groups is 1. The molecule has 0 amide bonds. The van der Waals surface area contributed by atoms with Gasteiger partial charge in [0.05, 0.1) is 11.0 Å². The van der Waals surface area contributed by atoms with Crippen molar-refractivity contribution < 1.29 is 9.90 Å². The number of aryl methyl sites for hydroxylation is 1. The number of rotatable bonds is 7. The van der Waals surface area contributed by atoms with Crippen LogP contribution in [-0.4, -0.2) is 70.1 Å². The van der Waals surface area contributed by atoms with Crippen LogP contribution in [-0.2, 0) is 11.2 Å². The van der Waals surface area contributed by atoms with Crippen LogP contribution in [0, 0.1) is 11.8 Å². The van der Waals surface area contributed by atoms with E-state index < -0.39 is 5.97 Å². The molecule has 2 N–H and O–H groups in total. The fourth-order valence-electron chi connectivity index (χ4n) is 6.96. The molecule has 210 valence electrons. The van der Waals surface area contributed by atoms with Crippen molar-refractivity contribution in [1.82, 2.24) is 19.8 Å². The van der Waals surface area contributed by atoms with Crippen molar-refractivity contribution in [2.24, 2.45) is 11.8 Å². The van der Waals surface area contributed by atoms with Gasteiger partial charge in [0, 0.05) is 13.0 Å². The van der Waals surface area contributed by atoms with Gasteiger partial charge in [-0.1, -0.05) is 61.7 Å². The van der Waals surface area contributed by atoms with E-state index in [4.69, 9.17) is 0 Å². The number of imidazole rings is 1. The van der Waals surface area contributed by atoms with Gasteiger partial charge in [0.25, 0.3) is 0 Å². The first-order valence-electron chi connectivity index (χ1n) is 15.2. The molecule has 1 aliphatic carbocycles. The first kappa shape index (κ1) is 27.9. The van der Waals surface area contributed by atoms with Crippen molar-refractivity contribution in [3.05, 3.63) is 66.0 Å². The lowest BCUT2D eigenvalue weighted by molar-refractivity contribution is -0.145. The van der Waals surface area contributed by atoms with Crippen LogP contribution in [0.2, 0.25) is 0 Å². The fraction of sp³-hybridized carbons (Fsp3) is 0.576. The second kappa shape index (κ2) is 13.6. The van der Waals surface area contributed by atoms with Gasteiger partial charge in [0.2, 0.25) is 0 Å². The Bertz CT molecular complexity index is 1130. The average Bonchev–Trinajstić information content (AvgIpc) is 3.62. The van der Waals surface area contributed by atoms with E-state index in [1.165, 1.54) is 57.2 Å². The predicted molar refractivity (Wildman–Crippen MR) is 158 cm³/mol. The standard InChI is InChI=1S/C18H25NO2.C15H21N3/c20-18(21)17(15-9-5-2-6-10-15)19-12-11-16(13-19)14-7-3-1-4-8-14;1-18-10-8-12(9-11-18)6-7-15-16-13-4-2-3-5-14(13)17-15/h1,3-4,7-8,15-17H,2,5-6,9-13H2,(H,20,21);2-5,12H,6-11H2,1H3,(H,16,17). The van der Waals surface area contributed by atoms with E-state index in [1.54, 1.807) is 0 Å². The molecular weight excluding hydrogens is 484 g/mol. The van der Waals surface area contributed by atoms with Gasteiger partial charge in [0.1, 0.15) is 11.9 Å². The quantitative estimate of drug-likeness (QED) is 0.373. The van der Waals surface area contributed by atoms with Crippen LogP contribution in [0.15, 0.2) is 54.6 Å². The van der Waals surface area contributed by atoms with Crippen LogP contribution < -0.4 is 0 Å². The number of hydrogen-bond donors (Lipinski definition) is 2. The van der Waals surface area contributed by atoms with E-state index in [9.17, 15) is 9.90 Å². The molecule has 0 spiro atoms. The first-order valence-corrected chi connectivity index (χ1v) is 15.2. The van der Waals surface area contributed by atoms with Crippen molar-refractivity contribution in [2.75, 3.05) is 33.2 Å². The summed E-state index contributed by atoms with van der Waals surface area (Å²) >= 11 is 0. The van der Waals surface area contributed by atoms with Crippen molar-refractivity contribution in [2.45, 2.75) is 76.2 Å². The van der Waals surface area contributed by atoms with E-state index in [2.05, 4.69) is 69.3 Å². The Morgan fingerprint density at radius 1 is 0.949 bits per heavy atom. The van der Waals surface area contributed by atoms with Crippen LogP contribution >= 0.6 is 0 Å². The van der Waals surface area contributed by atoms with E-state index in [0.29, 0.717) is 11.8 Å². The number of piperidine rings is 1. The molecule has 6 heteroatoms. The number of benzene rings is 2. The molecule has 3 aliphatic rings. The van der Waals surface area contributed by atoms with E-state index in [-0.39, 0.29) is 6.04 Å². The normalized spacial score (nSPS) is 22.4. The van der Waals surface area contributed by atoms with Crippen LogP contribution in [0.1, 0.15) is 75.1 Å². The predicted octanol–water partition coefficient (Wildman–Crippen LogP) is 6.35. The molecule has 3 aromatic rings.